The van der Waals surface area contributed by atoms with Crippen LogP contribution >= 0.6 is 11.6 Å². The zero-order valence-corrected chi connectivity index (χ0v) is 8.50. The summed E-state index contributed by atoms with van der Waals surface area (Å²) in [7, 11) is 0. The molecule has 0 heterocycles. The molecule has 0 aliphatic heterocycles. The SMILES string of the molecule is C=CCC(CCl)Cc1ccccc1. The molecule has 0 spiro atoms. The normalized spacial score (nSPS) is 12.4. The molecule has 70 valence electrons. The fourth-order valence-corrected chi connectivity index (χ4v) is 1.62. The van der Waals surface area contributed by atoms with Gasteiger partial charge in [0.2, 0.25) is 0 Å². The monoisotopic (exact) mass is 194 g/mol. The quantitative estimate of drug-likeness (QED) is 0.496. The standard InChI is InChI=1S/C12H15Cl/c1-2-6-12(10-13)9-11-7-4-3-5-8-11/h2-5,7-8,12H,1,6,9-10H2. The molecule has 0 nitrogen and oxygen atoms in total. The van der Waals surface area contributed by atoms with Crippen LogP contribution in [0, 0.1) is 5.92 Å². The molecule has 0 radical (unpaired) electrons. The first-order valence-electron chi connectivity index (χ1n) is 4.57. The first-order chi connectivity index (χ1) is 6.36. The van der Waals surface area contributed by atoms with Crippen LogP contribution in [0.15, 0.2) is 43.0 Å². The third-order valence-corrected chi connectivity index (χ3v) is 2.52. The van der Waals surface area contributed by atoms with Crippen LogP contribution in [0.5, 0.6) is 0 Å². The Bertz CT molecular complexity index is 241. The molecule has 1 aromatic carbocycles. The Morgan fingerprint density at radius 2 is 2.00 bits per heavy atom. The number of hydrogen-bond donors (Lipinski definition) is 0. The zero-order valence-electron chi connectivity index (χ0n) is 7.75. The van der Waals surface area contributed by atoms with Gasteiger partial charge in [-0.1, -0.05) is 36.4 Å². The Kier molecular flexibility index (Phi) is 4.63. The molecule has 1 unspecified atom stereocenters. The van der Waals surface area contributed by atoms with Crippen molar-refractivity contribution < 1.29 is 0 Å². The molecule has 0 amide bonds. The van der Waals surface area contributed by atoms with Crippen LogP contribution in [-0.4, -0.2) is 5.88 Å². The van der Waals surface area contributed by atoms with Gasteiger partial charge in [-0.15, -0.1) is 18.2 Å². The van der Waals surface area contributed by atoms with Crippen LogP contribution in [0.4, 0.5) is 0 Å². The molecule has 1 rings (SSSR count). The molecule has 0 N–H and O–H groups in total. The number of halogens is 1. The molecule has 0 fully saturated rings. The Morgan fingerprint density at radius 3 is 2.54 bits per heavy atom. The smallest absolute Gasteiger partial charge is 0.0257 e. The van der Waals surface area contributed by atoms with Crippen molar-refractivity contribution in [3.8, 4) is 0 Å². The molecular weight excluding hydrogens is 180 g/mol. The highest BCUT2D eigenvalue weighted by Gasteiger charge is 2.05. The number of hydrogen-bond acceptors (Lipinski definition) is 0. The van der Waals surface area contributed by atoms with Crippen LogP contribution in [0.2, 0.25) is 0 Å². The summed E-state index contributed by atoms with van der Waals surface area (Å²) >= 11 is 5.85. The van der Waals surface area contributed by atoms with Gasteiger partial charge in [-0.2, -0.15) is 0 Å². The van der Waals surface area contributed by atoms with Gasteiger partial charge in [-0.05, 0) is 24.3 Å². The maximum atomic E-state index is 5.85. The second kappa shape index (κ2) is 5.82. The van der Waals surface area contributed by atoms with E-state index in [0.29, 0.717) is 11.8 Å². The van der Waals surface area contributed by atoms with E-state index in [1.165, 1.54) is 5.56 Å². The average molecular weight is 195 g/mol. The minimum absolute atomic E-state index is 0.529. The molecule has 1 heteroatoms. The first-order valence-corrected chi connectivity index (χ1v) is 5.11. The largest absolute Gasteiger partial charge is 0.126 e. The van der Waals surface area contributed by atoms with Crippen molar-refractivity contribution in [1.29, 1.82) is 0 Å². The van der Waals surface area contributed by atoms with Gasteiger partial charge in [-0.25, -0.2) is 0 Å². The van der Waals surface area contributed by atoms with E-state index in [0.717, 1.165) is 12.8 Å². The number of rotatable bonds is 5. The lowest BCUT2D eigenvalue weighted by Crippen LogP contribution is -2.04. The maximum Gasteiger partial charge on any atom is 0.0257 e. The molecule has 1 atom stereocenters. The molecule has 0 aromatic heterocycles. The van der Waals surface area contributed by atoms with Crippen LogP contribution < -0.4 is 0 Å². The predicted molar refractivity (Wildman–Crippen MR) is 59.2 cm³/mol. The van der Waals surface area contributed by atoms with Gasteiger partial charge >= 0.3 is 0 Å². The van der Waals surface area contributed by atoms with E-state index in [4.69, 9.17) is 11.6 Å². The summed E-state index contributed by atoms with van der Waals surface area (Å²) in [6, 6.07) is 10.4. The third kappa shape index (κ3) is 3.65. The predicted octanol–water partition coefficient (Wildman–Crippen LogP) is 3.66. The Hall–Kier alpha value is -0.750. The molecular formula is C12H15Cl. The van der Waals surface area contributed by atoms with Crippen molar-refractivity contribution in [2.75, 3.05) is 5.88 Å². The van der Waals surface area contributed by atoms with Crippen molar-refractivity contribution in [2.24, 2.45) is 5.92 Å². The summed E-state index contributed by atoms with van der Waals surface area (Å²) in [6.45, 7) is 3.73. The van der Waals surface area contributed by atoms with E-state index in [9.17, 15) is 0 Å². The number of alkyl halides is 1. The van der Waals surface area contributed by atoms with Gasteiger partial charge in [0, 0.05) is 5.88 Å². The van der Waals surface area contributed by atoms with Gasteiger partial charge < -0.3 is 0 Å². The molecule has 0 aliphatic rings. The van der Waals surface area contributed by atoms with Gasteiger partial charge in [0.15, 0.2) is 0 Å². The average Bonchev–Trinajstić information content (AvgIpc) is 2.19. The van der Waals surface area contributed by atoms with Crippen molar-refractivity contribution in [3.05, 3.63) is 48.6 Å². The van der Waals surface area contributed by atoms with Crippen molar-refractivity contribution in [3.63, 3.8) is 0 Å². The fourth-order valence-electron chi connectivity index (χ4n) is 1.38. The van der Waals surface area contributed by atoms with Gasteiger partial charge in [0.25, 0.3) is 0 Å². The van der Waals surface area contributed by atoms with Crippen LogP contribution in [0.1, 0.15) is 12.0 Å². The number of benzene rings is 1. The highest BCUT2D eigenvalue weighted by atomic mass is 35.5. The summed E-state index contributed by atoms with van der Waals surface area (Å²) in [4.78, 5) is 0. The van der Waals surface area contributed by atoms with E-state index >= 15 is 0 Å². The Morgan fingerprint density at radius 1 is 1.31 bits per heavy atom. The summed E-state index contributed by atoms with van der Waals surface area (Å²) in [5.41, 5.74) is 1.36. The minimum Gasteiger partial charge on any atom is -0.126 e. The van der Waals surface area contributed by atoms with Crippen molar-refractivity contribution >= 4 is 11.6 Å². The molecule has 1 aromatic rings. The highest BCUT2D eigenvalue weighted by Crippen LogP contribution is 2.13. The van der Waals surface area contributed by atoms with E-state index in [1.54, 1.807) is 0 Å². The van der Waals surface area contributed by atoms with E-state index in [-0.39, 0.29) is 0 Å². The molecule has 0 aliphatic carbocycles. The van der Waals surface area contributed by atoms with Crippen LogP contribution in [-0.2, 0) is 6.42 Å². The van der Waals surface area contributed by atoms with Crippen molar-refractivity contribution in [2.45, 2.75) is 12.8 Å². The summed E-state index contributed by atoms with van der Waals surface area (Å²) in [5, 5.41) is 0. The molecule has 0 saturated carbocycles. The minimum atomic E-state index is 0.529. The molecule has 0 saturated heterocycles. The lowest BCUT2D eigenvalue weighted by molar-refractivity contribution is 0.597. The maximum absolute atomic E-state index is 5.85. The second-order valence-electron chi connectivity index (χ2n) is 3.23. The van der Waals surface area contributed by atoms with E-state index in [1.807, 2.05) is 12.1 Å². The fraction of sp³-hybridized carbons (Fsp3) is 0.333. The number of allylic oxidation sites excluding steroid dienone is 1. The molecule has 0 bridgehead atoms. The van der Waals surface area contributed by atoms with Crippen LogP contribution in [0.25, 0.3) is 0 Å². The lowest BCUT2D eigenvalue weighted by Gasteiger charge is -2.10. The highest BCUT2D eigenvalue weighted by molar-refractivity contribution is 6.18. The Labute approximate surface area is 85.2 Å². The summed E-state index contributed by atoms with van der Waals surface area (Å²) < 4.78 is 0. The van der Waals surface area contributed by atoms with E-state index in [2.05, 4.69) is 30.8 Å². The lowest BCUT2D eigenvalue weighted by atomic mass is 9.98. The van der Waals surface area contributed by atoms with E-state index < -0.39 is 0 Å². The van der Waals surface area contributed by atoms with Crippen LogP contribution in [0.3, 0.4) is 0 Å². The summed E-state index contributed by atoms with van der Waals surface area (Å²) in [6.07, 6.45) is 3.99. The van der Waals surface area contributed by atoms with Gasteiger partial charge in [-0.3, -0.25) is 0 Å². The third-order valence-electron chi connectivity index (χ3n) is 2.09. The Balaban J connectivity index is 2.51. The second-order valence-corrected chi connectivity index (χ2v) is 3.54. The first kappa shape index (κ1) is 10.3. The van der Waals surface area contributed by atoms with Crippen molar-refractivity contribution in [1.82, 2.24) is 0 Å². The topological polar surface area (TPSA) is 0 Å². The summed E-state index contributed by atoms with van der Waals surface area (Å²) in [5.74, 6) is 1.24. The molecule has 13 heavy (non-hydrogen) atoms. The zero-order chi connectivity index (χ0) is 9.52. The van der Waals surface area contributed by atoms with Gasteiger partial charge in [0.1, 0.15) is 0 Å². The van der Waals surface area contributed by atoms with Gasteiger partial charge in [0.05, 0.1) is 0 Å².